The van der Waals surface area contributed by atoms with Crippen molar-refractivity contribution in [3.05, 3.63) is 40.5 Å². The molecule has 0 bridgehead atoms. The highest BCUT2D eigenvalue weighted by atomic mass is 79.9. The molecule has 1 aliphatic heterocycles. The predicted octanol–water partition coefficient (Wildman–Crippen LogP) is 3.26. The first-order valence-electron chi connectivity index (χ1n) is 6.85. The van der Waals surface area contributed by atoms with E-state index in [1.54, 1.807) is 6.20 Å². The van der Waals surface area contributed by atoms with Gasteiger partial charge in [-0.25, -0.2) is 15.0 Å². The average Bonchev–Trinajstić information content (AvgIpc) is 2.86. The van der Waals surface area contributed by atoms with Crippen molar-refractivity contribution < 1.29 is 4.42 Å². The van der Waals surface area contributed by atoms with Crippen molar-refractivity contribution in [2.24, 2.45) is 0 Å². The fourth-order valence-electron chi connectivity index (χ4n) is 2.62. The van der Waals surface area contributed by atoms with Gasteiger partial charge in [0.25, 0.3) is 0 Å². The van der Waals surface area contributed by atoms with Crippen molar-refractivity contribution in [2.45, 2.75) is 38.8 Å². The van der Waals surface area contributed by atoms with Crippen molar-refractivity contribution in [3.63, 3.8) is 0 Å². The van der Waals surface area contributed by atoms with Gasteiger partial charge < -0.3 is 4.42 Å². The zero-order chi connectivity index (χ0) is 13.9. The summed E-state index contributed by atoms with van der Waals surface area (Å²) in [5.74, 6) is 2.51. The molecule has 2 aromatic heterocycles. The molecule has 5 nitrogen and oxygen atoms in total. The summed E-state index contributed by atoms with van der Waals surface area (Å²) in [6.45, 7) is 3.67. The Morgan fingerprint density at radius 1 is 1.25 bits per heavy atom. The van der Waals surface area contributed by atoms with Crippen LogP contribution >= 0.6 is 15.9 Å². The number of aromatic nitrogens is 3. The first kappa shape index (κ1) is 13.7. The van der Waals surface area contributed by atoms with Gasteiger partial charge in [-0.05, 0) is 42.2 Å². The standard InChI is InChI=1S/C14H17BrN4O/c1-10-6-16-13(20-10)9-19-5-3-2-4-12(19)14-17-7-11(15)8-18-14/h6-8,12H,2-5,9H2,1H3. The van der Waals surface area contributed by atoms with Crippen LogP contribution < -0.4 is 0 Å². The SMILES string of the molecule is Cc1cnc(CN2CCCCC2c2ncc(Br)cn2)o1. The summed E-state index contributed by atoms with van der Waals surface area (Å²) in [4.78, 5) is 15.6. The Hall–Kier alpha value is -1.27. The zero-order valence-electron chi connectivity index (χ0n) is 11.4. The Balaban J connectivity index is 1.78. The second-order valence-corrected chi connectivity index (χ2v) is 6.02. The van der Waals surface area contributed by atoms with Gasteiger partial charge in [-0.1, -0.05) is 6.42 Å². The lowest BCUT2D eigenvalue weighted by Gasteiger charge is -2.33. The Bertz CT molecular complexity index is 569. The maximum atomic E-state index is 5.59. The molecule has 1 unspecified atom stereocenters. The van der Waals surface area contributed by atoms with Crippen LogP contribution in [0.1, 0.15) is 42.8 Å². The molecule has 1 atom stereocenters. The van der Waals surface area contributed by atoms with Crippen molar-refractivity contribution >= 4 is 15.9 Å². The molecular weight excluding hydrogens is 320 g/mol. The summed E-state index contributed by atoms with van der Waals surface area (Å²) in [5.41, 5.74) is 0. The lowest BCUT2D eigenvalue weighted by molar-refractivity contribution is 0.121. The number of hydrogen-bond acceptors (Lipinski definition) is 5. The zero-order valence-corrected chi connectivity index (χ0v) is 13.0. The maximum Gasteiger partial charge on any atom is 0.208 e. The molecule has 0 aromatic carbocycles. The van der Waals surface area contributed by atoms with E-state index in [0.29, 0.717) is 0 Å². The van der Waals surface area contributed by atoms with E-state index >= 15 is 0 Å². The summed E-state index contributed by atoms with van der Waals surface area (Å²) in [6, 6.07) is 0.254. The molecule has 3 rings (SSSR count). The molecule has 0 amide bonds. The third-order valence-corrected chi connectivity index (χ3v) is 3.97. The highest BCUT2D eigenvalue weighted by molar-refractivity contribution is 9.10. The van der Waals surface area contributed by atoms with Crippen LogP contribution in [0.25, 0.3) is 0 Å². The van der Waals surface area contributed by atoms with E-state index in [2.05, 4.69) is 35.8 Å². The monoisotopic (exact) mass is 336 g/mol. The molecule has 0 radical (unpaired) electrons. The average molecular weight is 337 g/mol. The van der Waals surface area contributed by atoms with Crippen LogP contribution in [0.4, 0.5) is 0 Å². The first-order valence-corrected chi connectivity index (χ1v) is 7.64. The Morgan fingerprint density at radius 3 is 2.75 bits per heavy atom. The molecule has 1 saturated heterocycles. The van der Waals surface area contributed by atoms with E-state index in [-0.39, 0.29) is 6.04 Å². The molecule has 0 aliphatic carbocycles. The number of aryl methyl sites for hydroxylation is 1. The van der Waals surface area contributed by atoms with Crippen LogP contribution in [0, 0.1) is 6.92 Å². The minimum atomic E-state index is 0.254. The topological polar surface area (TPSA) is 55.1 Å². The van der Waals surface area contributed by atoms with E-state index in [0.717, 1.165) is 41.5 Å². The van der Waals surface area contributed by atoms with Crippen LogP contribution in [-0.4, -0.2) is 26.4 Å². The van der Waals surface area contributed by atoms with E-state index in [9.17, 15) is 0 Å². The van der Waals surface area contributed by atoms with E-state index in [4.69, 9.17) is 4.42 Å². The number of halogens is 1. The van der Waals surface area contributed by atoms with Crippen LogP contribution in [0.15, 0.2) is 27.5 Å². The molecule has 1 aliphatic rings. The predicted molar refractivity (Wildman–Crippen MR) is 78.0 cm³/mol. The van der Waals surface area contributed by atoms with E-state index in [1.165, 1.54) is 12.8 Å². The van der Waals surface area contributed by atoms with Gasteiger partial charge in [0, 0.05) is 12.4 Å². The van der Waals surface area contributed by atoms with Crippen LogP contribution in [-0.2, 0) is 6.54 Å². The molecule has 106 valence electrons. The van der Waals surface area contributed by atoms with Gasteiger partial charge in [0.2, 0.25) is 5.89 Å². The van der Waals surface area contributed by atoms with Gasteiger partial charge in [-0.3, -0.25) is 4.90 Å². The molecular formula is C14H17BrN4O. The second kappa shape index (κ2) is 6.01. The maximum absolute atomic E-state index is 5.59. The third-order valence-electron chi connectivity index (χ3n) is 3.56. The van der Waals surface area contributed by atoms with Gasteiger partial charge in [0.15, 0.2) is 0 Å². The number of piperidine rings is 1. The minimum absolute atomic E-state index is 0.254. The van der Waals surface area contributed by atoms with Crippen molar-refractivity contribution in [2.75, 3.05) is 6.54 Å². The fourth-order valence-corrected chi connectivity index (χ4v) is 2.82. The van der Waals surface area contributed by atoms with Crippen molar-refractivity contribution in [1.29, 1.82) is 0 Å². The van der Waals surface area contributed by atoms with Gasteiger partial charge >= 0.3 is 0 Å². The van der Waals surface area contributed by atoms with Gasteiger partial charge in [0.1, 0.15) is 11.6 Å². The molecule has 2 aromatic rings. The highest BCUT2D eigenvalue weighted by Crippen LogP contribution is 2.30. The lowest BCUT2D eigenvalue weighted by atomic mass is 10.0. The van der Waals surface area contributed by atoms with Crippen LogP contribution in [0.3, 0.4) is 0 Å². The summed E-state index contributed by atoms with van der Waals surface area (Å²) in [6.07, 6.45) is 8.89. The molecule has 6 heteroatoms. The third kappa shape index (κ3) is 3.07. The molecule has 20 heavy (non-hydrogen) atoms. The molecule has 0 spiro atoms. The summed E-state index contributed by atoms with van der Waals surface area (Å²) < 4.78 is 6.50. The number of likely N-dealkylation sites (tertiary alicyclic amines) is 1. The number of oxazole rings is 1. The highest BCUT2D eigenvalue weighted by Gasteiger charge is 2.27. The van der Waals surface area contributed by atoms with Gasteiger partial charge in [-0.15, -0.1) is 0 Å². The van der Waals surface area contributed by atoms with Gasteiger partial charge in [-0.2, -0.15) is 0 Å². The number of nitrogens with zero attached hydrogens (tertiary/aromatic N) is 4. The van der Waals surface area contributed by atoms with E-state index in [1.807, 2.05) is 19.3 Å². The lowest BCUT2D eigenvalue weighted by Crippen LogP contribution is -2.34. The minimum Gasteiger partial charge on any atom is -0.445 e. The molecule has 1 fully saturated rings. The van der Waals surface area contributed by atoms with E-state index < -0.39 is 0 Å². The summed E-state index contributed by atoms with van der Waals surface area (Å²) in [7, 11) is 0. The quantitative estimate of drug-likeness (QED) is 0.860. The van der Waals surface area contributed by atoms with Gasteiger partial charge in [0.05, 0.1) is 23.3 Å². The second-order valence-electron chi connectivity index (χ2n) is 5.11. The fraction of sp³-hybridized carbons (Fsp3) is 0.500. The van der Waals surface area contributed by atoms with Crippen molar-refractivity contribution in [3.8, 4) is 0 Å². The number of hydrogen-bond donors (Lipinski definition) is 0. The molecule has 3 heterocycles. The number of rotatable bonds is 3. The molecule has 0 saturated carbocycles. The molecule has 0 N–H and O–H groups in total. The van der Waals surface area contributed by atoms with Crippen LogP contribution in [0.5, 0.6) is 0 Å². The Kier molecular flexibility index (Phi) is 4.12. The normalized spacial score (nSPS) is 20.2. The summed E-state index contributed by atoms with van der Waals surface area (Å²) >= 11 is 3.38. The first-order chi connectivity index (χ1) is 9.72. The van der Waals surface area contributed by atoms with Crippen molar-refractivity contribution in [1.82, 2.24) is 19.9 Å². The Labute approximate surface area is 126 Å². The van der Waals surface area contributed by atoms with Crippen LogP contribution in [0.2, 0.25) is 0 Å². The Morgan fingerprint density at radius 2 is 2.05 bits per heavy atom. The largest absolute Gasteiger partial charge is 0.445 e. The summed E-state index contributed by atoms with van der Waals surface area (Å²) in [5, 5.41) is 0. The smallest absolute Gasteiger partial charge is 0.208 e.